The Labute approximate surface area is 292 Å². The van der Waals surface area contributed by atoms with Crippen molar-refractivity contribution in [2.24, 2.45) is 11.7 Å². The van der Waals surface area contributed by atoms with Crippen molar-refractivity contribution in [1.29, 1.82) is 0 Å². The summed E-state index contributed by atoms with van der Waals surface area (Å²) in [4.78, 5) is 68.4. The molecule has 13 nitrogen and oxygen atoms in total. The first-order chi connectivity index (χ1) is 24.0. The monoisotopic (exact) mass is 714 g/mol. The highest BCUT2D eigenvalue weighted by molar-refractivity contribution is 5.99. The van der Waals surface area contributed by atoms with Crippen LogP contribution in [0.2, 0.25) is 0 Å². The first-order valence-electron chi connectivity index (χ1n) is 16.0. The minimum atomic E-state index is -5.13. The Morgan fingerprint density at radius 2 is 1.47 bits per heavy atom. The number of phenolic OH excluding ortho intramolecular Hbond substituents is 1. The van der Waals surface area contributed by atoms with Crippen LogP contribution in [0.5, 0.6) is 5.75 Å². The number of pyridine rings is 1. The van der Waals surface area contributed by atoms with Crippen molar-refractivity contribution in [1.82, 2.24) is 26.3 Å². The Balaban J connectivity index is 1.76. The molecule has 3 aromatic rings. The molecule has 5 amide bonds. The number of amides is 5. The van der Waals surface area contributed by atoms with Crippen molar-refractivity contribution in [3.05, 3.63) is 84.2 Å². The van der Waals surface area contributed by atoms with Gasteiger partial charge in [0.1, 0.15) is 23.9 Å². The maximum absolute atomic E-state index is 13.6. The molecule has 16 heteroatoms. The molecule has 1 heterocycles. The van der Waals surface area contributed by atoms with E-state index in [0.29, 0.717) is 5.56 Å². The van der Waals surface area contributed by atoms with Gasteiger partial charge in [-0.1, -0.05) is 44.2 Å². The number of aliphatic hydroxyl groups excluding tert-OH is 1. The maximum Gasteiger partial charge on any atom is 0.416 e. The third-order valence-corrected chi connectivity index (χ3v) is 7.88. The van der Waals surface area contributed by atoms with Crippen LogP contribution in [0, 0.1) is 5.92 Å². The second-order valence-corrected chi connectivity index (χ2v) is 12.3. The highest BCUT2D eigenvalue weighted by atomic mass is 19.4. The second kappa shape index (κ2) is 17.9. The molecule has 0 aliphatic rings. The number of aromatic hydroxyl groups is 1. The van der Waals surface area contributed by atoms with Gasteiger partial charge >= 0.3 is 6.18 Å². The number of alkyl halides is 3. The summed E-state index contributed by atoms with van der Waals surface area (Å²) in [5.74, 6) is -4.77. The molecule has 51 heavy (non-hydrogen) atoms. The summed E-state index contributed by atoms with van der Waals surface area (Å²) in [5.41, 5.74) is 7.45. The molecule has 0 spiro atoms. The van der Waals surface area contributed by atoms with Crippen LogP contribution in [0.25, 0.3) is 11.1 Å². The number of phenols is 1. The van der Waals surface area contributed by atoms with Crippen LogP contribution in [-0.4, -0.2) is 81.2 Å². The quantitative estimate of drug-likeness (QED) is 0.117. The van der Waals surface area contributed by atoms with Crippen molar-refractivity contribution >= 4 is 29.5 Å². The predicted octanol–water partition coefficient (Wildman–Crippen LogP) is 2.11. The van der Waals surface area contributed by atoms with Crippen molar-refractivity contribution in [3.63, 3.8) is 0 Å². The Morgan fingerprint density at radius 3 is 2.02 bits per heavy atom. The maximum atomic E-state index is 13.6. The lowest BCUT2D eigenvalue weighted by Crippen LogP contribution is -2.59. The zero-order chi connectivity index (χ0) is 37.9. The first kappa shape index (κ1) is 39.9. The zero-order valence-electron chi connectivity index (χ0n) is 28.1. The number of carbonyl (C=O) groups excluding carboxylic acids is 5. The number of aromatic nitrogens is 1. The van der Waals surface area contributed by atoms with Gasteiger partial charge in [-0.3, -0.25) is 29.0 Å². The van der Waals surface area contributed by atoms with E-state index < -0.39 is 84.7 Å². The van der Waals surface area contributed by atoms with Gasteiger partial charge in [-0.25, -0.2) is 0 Å². The Morgan fingerprint density at radius 1 is 0.824 bits per heavy atom. The van der Waals surface area contributed by atoms with Gasteiger partial charge in [0, 0.05) is 30.8 Å². The van der Waals surface area contributed by atoms with Crippen LogP contribution in [0.1, 0.15) is 49.5 Å². The molecule has 0 bridgehead atoms. The molecular formula is C35H41F3N6O7. The van der Waals surface area contributed by atoms with Gasteiger partial charge in [0.15, 0.2) is 6.10 Å². The zero-order valence-corrected chi connectivity index (χ0v) is 28.1. The Hall–Kier alpha value is -5.51. The molecule has 0 saturated carbocycles. The van der Waals surface area contributed by atoms with Gasteiger partial charge in [-0.05, 0) is 66.3 Å². The van der Waals surface area contributed by atoms with E-state index in [-0.39, 0.29) is 17.7 Å². The minimum Gasteiger partial charge on any atom is -0.508 e. The fraction of sp³-hybridized carbons (Fsp3) is 0.371. The first-order valence-corrected chi connectivity index (χ1v) is 16.0. The molecule has 1 aromatic heterocycles. The van der Waals surface area contributed by atoms with Crippen LogP contribution in [0.15, 0.2) is 73.1 Å². The number of nitrogens with one attached hydrogen (secondary N) is 4. The lowest BCUT2D eigenvalue weighted by Gasteiger charge is -2.28. The van der Waals surface area contributed by atoms with Gasteiger partial charge in [-0.2, -0.15) is 13.2 Å². The number of aliphatic hydroxyl groups is 1. The van der Waals surface area contributed by atoms with E-state index in [1.54, 1.807) is 56.6 Å². The molecular weight excluding hydrogens is 673 g/mol. The second-order valence-electron chi connectivity index (χ2n) is 12.3. The summed E-state index contributed by atoms with van der Waals surface area (Å²) in [6.45, 7) is 4.54. The summed E-state index contributed by atoms with van der Waals surface area (Å²) in [6, 6.07) is 10.1. The van der Waals surface area contributed by atoms with E-state index in [1.807, 2.05) is 11.4 Å². The normalized spacial score (nSPS) is 14.4. The van der Waals surface area contributed by atoms with Crippen LogP contribution < -0.4 is 27.0 Å². The fourth-order valence-electron chi connectivity index (χ4n) is 4.97. The van der Waals surface area contributed by atoms with Crippen LogP contribution in [0.4, 0.5) is 13.2 Å². The van der Waals surface area contributed by atoms with E-state index in [1.165, 1.54) is 31.2 Å². The van der Waals surface area contributed by atoms with Gasteiger partial charge in [0.2, 0.25) is 23.6 Å². The average Bonchev–Trinajstić information content (AvgIpc) is 3.08. The molecule has 0 saturated heterocycles. The number of hydrogen-bond donors (Lipinski definition) is 7. The van der Waals surface area contributed by atoms with Crippen molar-refractivity contribution in [3.8, 4) is 16.9 Å². The summed E-state index contributed by atoms with van der Waals surface area (Å²) in [6.07, 6.45) is -6.18. The molecule has 274 valence electrons. The molecule has 0 radical (unpaired) electrons. The number of benzene rings is 2. The molecule has 3 rings (SSSR count). The molecule has 0 aliphatic carbocycles. The van der Waals surface area contributed by atoms with E-state index in [2.05, 4.69) is 20.9 Å². The number of nitrogens with two attached hydrogens (primary N) is 1. The molecule has 8 N–H and O–H groups in total. The minimum absolute atomic E-state index is 0.0583. The third kappa shape index (κ3) is 12.1. The SMILES string of the molecule is CC(C)[C@H](NC(=O)c1ccc(-c2cccnc2)cc1)C(=O)N[C@@H](Cc1ccc(O)cc1)C(=O)N[C@@H](C)C(=O)NC(CCC(N)=O)C(O)C(F)(F)F. The lowest BCUT2D eigenvalue weighted by molar-refractivity contribution is -0.212. The molecule has 5 atom stereocenters. The largest absolute Gasteiger partial charge is 0.508 e. The Kier molecular flexibility index (Phi) is 14.0. The van der Waals surface area contributed by atoms with E-state index >= 15 is 0 Å². The van der Waals surface area contributed by atoms with Gasteiger partial charge < -0.3 is 37.2 Å². The standard InChI is InChI=1S/C35H41F3N6O7/c1-19(2)29(44-32(49)23-10-8-22(9-11-23)24-5-4-16-40-18-24)34(51)43-27(17-21-6-12-25(45)13-7-21)33(50)41-20(3)31(48)42-26(14-15-28(39)46)30(47)35(36,37)38/h4-13,16,18-20,26-27,29-30,45,47H,14-15,17H2,1-3H3,(H2,39,46)(H,41,50)(H,42,48)(H,43,51)(H,44,49)/t20-,26?,27-,29-,30?/m0/s1. The third-order valence-electron chi connectivity index (χ3n) is 7.88. The lowest BCUT2D eigenvalue weighted by atomic mass is 10.00. The van der Waals surface area contributed by atoms with Gasteiger partial charge in [0.25, 0.3) is 5.91 Å². The molecule has 0 aliphatic heterocycles. The predicted molar refractivity (Wildman–Crippen MR) is 180 cm³/mol. The van der Waals surface area contributed by atoms with Crippen molar-refractivity contribution in [2.75, 3.05) is 0 Å². The Bertz CT molecular complexity index is 1660. The molecule has 2 aromatic carbocycles. The number of carbonyl (C=O) groups is 5. The van der Waals surface area contributed by atoms with Gasteiger partial charge in [0.05, 0.1) is 6.04 Å². The smallest absolute Gasteiger partial charge is 0.416 e. The molecule has 0 fully saturated rings. The highest BCUT2D eigenvalue weighted by Gasteiger charge is 2.44. The number of primary amides is 1. The van der Waals surface area contributed by atoms with Crippen LogP contribution in [-0.2, 0) is 25.6 Å². The summed E-state index contributed by atoms with van der Waals surface area (Å²) >= 11 is 0. The van der Waals surface area contributed by atoms with E-state index in [4.69, 9.17) is 5.73 Å². The van der Waals surface area contributed by atoms with Gasteiger partial charge in [-0.15, -0.1) is 0 Å². The van der Waals surface area contributed by atoms with E-state index in [9.17, 15) is 47.4 Å². The van der Waals surface area contributed by atoms with E-state index in [0.717, 1.165) is 11.1 Å². The average molecular weight is 715 g/mol. The van der Waals surface area contributed by atoms with Crippen LogP contribution >= 0.6 is 0 Å². The number of nitrogens with zero attached hydrogens (tertiary/aromatic N) is 1. The summed E-state index contributed by atoms with van der Waals surface area (Å²) in [5, 5.41) is 29.1. The highest BCUT2D eigenvalue weighted by Crippen LogP contribution is 2.24. The number of hydrogen-bond acceptors (Lipinski definition) is 8. The topological polar surface area (TPSA) is 213 Å². The summed E-state index contributed by atoms with van der Waals surface area (Å²) in [7, 11) is 0. The number of rotatable bonds is 16. The van der Waals surface area contributed by atoms with Crippen molar-refractivity contribution < 1.29 is 47.4 Å². The molecule has 2 unspecified atom stereocenters. The summed E-state index contributed by atoms with van der Waals surface area (Å²) < 4.78 is 39.8. The van der Waals surface area contributed by atoms with Crippen molar-refractivity contribution in [2.45, 2.75) is 76.5 Å². The fourth-order valence-corrected chi connectivity index (χ4v) is 4.97. The number of halogens is 3. The van der Waals surface area contributed by atoms with Crippen LogP contribution in [0.3, 0.4) is 0 Å².